The summed E-state index contributed by atoms with van der Waals surface area (Å²) in [5.41, 5.74) is 2.07. The fourth-order valence-electron chi connectivity index (χ4n) is 2.86. The molecule has 0 aromatic heterocycles. The topological polar surface area (TPSA) is 76.7 Å². The van der Waals surface area contributed by atoms with Crippen molar-refractivity contribution in [1.82, 2.24) is 5.32 Å². The summed E-state index contributed by atoms with van der Waals surface area (Å²) < 4.78 is 10.8. The van der Waals surface area contributed by atoms with E-state index in [4.69, 9.17) is 32.7 Å². The second-order valence-corrected chi connectivity index (χ2v) is 7.65. The molecule has 0 radical (unpaired) electrons. The highest BCUT2D eigenvalue weighted by molar-refractivity contribution is 6.34. The quantitative estimate of drug-likeness (QED) is 0.419. The summed E-state index contributed by atoms with van der Waals surface area (Å²) in [6.07, 6.45) is 0. The zero-order valence-electron chi connectivity index (χ0n) is 17.4. The van der Waals surface area contributed by atoms with Gasteiger partial charge in [0.15, 0.2) is 0 Å². The number of carbonyl (C=O) groups is 2. The van der Waals surface area contributed by atoms with E-state index < -0.39 is 0 Å². The van der Waals surface area contributed by atoms with Crippen molar-refractivity contribution in [2.45, 2.75) is 6.61 Å². The molecule has 3 rings (SSSR count). The van der Waals surface area contributed by atoms with Crippen LogP contribution in [0.15, 0.2) is 66.7 Å². The van der Waals surface area contributed by atoms with Crippen molar-refractivity contribution in [2.24, 2.45) is 0 Å². The lowest BCUT2D eigenvalue weighted by atomic mass is 10.1. The van der Waals surface area contributed by atoms with Crippen molar-refractivity contribution in [2.75, 3.05) is 25.6 Å². The van der Waals surface area contributed by atoms with Crippen LogP contribution in [0.4, 0.5) is 5.69 Å². The molecule has 0 bridgehead atoms. The van der Waals surface area contributed by atoms with Gasteiger partial charge in [0, 0.05) is 24.4 Å². The minimum atomic E-state index is -0.356. The third-order valence-electron chi connectivity index (χ3n) is 4.50. The highest BCUT2D eigenvalue weighted by Crippen LogP contribution is 2.24. The molecule has 166 valence electrons. The summed E-state index contributed by atoms with van der Waals surface area (Å²) in [6.45, 7) is 1.06. The molecule has 0 heterocycles. The number of rotatable bonds is 9. The number of para-hydroxylation sites is 1. The highest BCUT2D eigenvalue weighted by Gasteiger charge is 2.15. The van der Waals surface area contributed by atoms with Gasteiger partial charge >= 0.3 is 0 Å². The summed E-state index contributed by atoms with van der Waals surface area (Å²) in [5.74, 6) is -0.226. The van der Waals surface area contributed by atoms with Crippen molar-refractivity contribution in [3.63, 3.8) is 0 Å². The summed E-state index contributed by atoms with van der Waals surface area (Å²) in [4.78, 5) is 25.0. The summed E-state index contributed by atoms with van der Waals surface area (Å²) >= 11 is 12.2. The van der Waals surface area contributed by atoms with Gasteiger partial charge in [-0.2, -0.15) is 0 Å². The first-order chi connectivity index (χ1) is 15.5. The number of nitrogens with one attached hydrogen (secondary N) is 2. The molecule has 0 fully saturated rings. The smallest absolute Gasteiger partial charge is 0.259 e. The predicted octanol–water partition coefficient (Wildman–Crippen LogP) is 5.20. The molecule has 3 aromatic carbocycles. The molecular weight excluding hydrogens is 451 g/mol. The van der Waals surface area contributed by atoms with Gasteiger partial charge in [0.05, 0.1) is 22.8 Å². The van der Waals surface area contributed by atoms with E-state index in [-0.39, 0.29) is 16.8 Å². The van der Waals surface area contributed by atoms with Crippen molar-refractivity contribution < 1.29 is 19.1 Å². The van der Waals surface area contributed by atoms with E-state index in [1.807, 2.05) is 12.1 Å². The maximum atomic E-state index is 12.9. The Balaban J connectivity index is 1.67. The second kappa shape index (κ2) is 11.5. The van der Waals surface area contributed by atoms with E-state index in [1.54, 1.807) is 55.6 Å². The lowest BCUT2D eigenvalue weighted by molar-refractivity contribution is 0.0936. The Labute approximate surface area is 196 Å². The first kappa shape index (κ1) is 23.6. The van der Waals surface area contributed by atoms with E-state index in [9.17, 15) is 9.59 Å². The minimum absolute atomic E-state index is 0.227. The van der Waals surface area contributed by atoms with Crippen LogP contribution in [0.5, 0.6) is 5.75 Å². The molecule has 0 atom stereocenters. The van der Waals surface area contributed by atoms with Gasteiger partial charge in [0.2, 0.25) is 0 Å². The summed E-state index contributed by atoms with van der Waals surface area (Å²) in [5, 5.41) is 6.37. The van der Waals surface area contributed by atoms with E-state index in [0.29, 0.717) is 47.3 Å². The molecule has 0 saturated heterocycles. The molecule has 0 aliphatic heterocycles. The normalized spacial score (nSPS) is 10.5. The van der Waals surface area contributed by atoms with E-state index in [1.165, 1.54) is 6.07 Å². The monoisotopic (exact) mass is 472 g/mol. The van der Waals surface area contributed by atoms with Gasteiger partial charge in [0.25, 0.3) is 11.8 Å². The maximum absolute atomic E-state index is 12.9. The molecular formula is C24H22Cl2N2O4. The summed E-state index contributed by atoms with van der Waals surface area (Å²) in [6, 6.07) is 18.9. The number of anilines is 1. The van der Waals surface area contributed by atoms with Crippen molar-refractivity contribution in [1.29, 1.82) is 0 Å². The molecule has 32 heavy (non-hydrogen) atoms. The van der Waals surface area contributed by atoms with Gasteiger partial charge in [-0.05, 0) is 48.0 Å². The Morgan fingerprint density at radius 2 is 1.66 bits per heavy atom. The molecule has 0 aliphatic carbocycles. The van der Waals surface area contributed by atoms with E-state index in [2.05, 4.69) is 10.6 Å². The zero-order valence-corrected chi connectivity index (χ0v) is 18.9. The lowest BCUT2D eigenvalue weighted by Gasteiger charge is -2.13. The Hall–Kier alpha value is -3.06. The number of benzene rings is 3. The van der Waals surface area contributed by atoms with Crippen LogP contribution in [0.25, 0.3) is 0 Å². The van der Waals surface area contributed by atoms with Crippen molar-refractivity contribution >= 4 is 40.7 Å². The molecule has 0 saturated carbocycles. The van der Waals surface area contributed by atoms with Gasteiger partial charge in [-0.15, -0.1) is 0 Å². The van der Waals surface area contributed by atoms with Gasteiger partial charge in [0.1, 0.15) is 12.4 Å². The lowest BCUT2D eigenvalue weighted by Crippen LogP contribution is -2.27. The number of halogens is 2. The Morgan fingerprint density at radius 3 is 2.38 bits per heavy atom. The summed E-state index contributed by atoms with van der Waals surface area (Å²) in [7, 11) is 1.55. The van der Waals surface area contributed by atoms with Crippen LogP contribution in [0.2, 0.25) is 10.0 Å². The zero-order chi connectivity index (χ0) is 22.9. The maximum Gasteiger partial charge on any atom is 0.259 e. The average molecular weight is 473 g/mol. The van der Waals surface area contributed by atoms with Crippen molar-refractivity contribution in [3.8, 4) is 5.75 Å². The van der Waals surface area contributed by atoms with E-state index >= 15 is 0 Å². The molecule has 0 unspecified atom stereocenters. The van der Waals surface area contributed by atoms with Gasteiger partial charge in [-0.3, -0.25) is 9.59 Å². The number of carbonyl (C=O) groups excluding carboxylic acids is 2. The average Bonchev–Trinajstić information content (AvgIpc) is 2.79. The second-order valence-electron chi connectivity index (χ2n) is 6.81. The van der Waals surface area contributed by atoms with Crippen LogP contribution in [-0.2, 0) is 11.3 Å². The molecule has 6 nitrogen and oxygen atoms in total. The third kappa shape index (κ3) is 6.47. The highest BCUT2D eigenvalue weighted by atomic mass is 35.5. The SMILES string of the molecule is COCCNC(=O)c1ccc(NC(=O)c2ccccc2OCc2ccc(Cl)cc2)cc1Cl. The third-order valence-corrected chi connectivity index (χ3v) is 5.07. The molecule has 0 spiro atoms. The molecule has 3 aromatic rings. The van der Waals surface area contributed by atoms with Crippen LogP contribution in [-0.4, -0.2) is 32.1 Å². The van der Waals surface area contributed by atoms with Gasteiger partial charge in [-0.25, -0.2) is 0 Å². The number of methoxy groups -OCH3 is 1. The molecule has 2 N–H and O–H groups in total. The fourth-order valence-corrected chi connectivity index (χ4v) is 3.25. The fraction of sp³-hybridized carbons (Fsp3) is 0.167. The first-order valence-corrected chi connectivity index (χ1v) is 10.6. The number of hydrogen-bond donors (Lipinski definition) is 2. The van der Waals surface area contributed by atoms with E-state index in [0.717, 1.165) is 5.56 Å². The minimum Gasteiger partial charge on any atom is -0.488 e. The van der Waals surface area contributed by atoms with Crippen LogP contribution in [0.1, 0.15) is 26.3 Å². The van der Waals surface area contributed by atoms with Crippen LogP contribution in [0.3, 0.4) is 0 Å². The largest absolute Gasteiger partial charge is 0.488 e. The Morgan fingerprint density at radius 1 is 0.906 bits per heavy atom. The molecule has 0 aliphatic rings. The number of amides is 2. The van der Waals surface area contributed by atoms with Crippen LogP contribution in [0, 0.1) is 0 Å². The first-order valence-electron chi connectivity index (χ1n) is 9.82. The number of hydrogen-bond acceptors (Lipinski definition) is 4. The Kier molecular flexibility index (Phi) is 8.50. The van der Waals surface area contributed by atoms with Gasteiger partial charge in [-0.1, -0.05) is 47.5 Å². The molecule has 2 amide bonds. The predicted molar refractivity (Wildman–Crippen MR) is 126 cm³/mol. The Bertz CT molecular complexity index is 1090. The van der Waals surface area contributed by atoms with Crippen molar-refractivity contribution in [3.05, 3.63) is 93.5 Å². The van der Waals surface area contributed by atoms with Crippen LogP contribution < -0.4 is 15.4 Å². The number of ether oxygens (including phenoxy) is 2. The van der Waals surface area contributed by atoms with Crippen LogP contribution >= 0.6 is 23.2 Å². The van der Waals surface area contributed by atoms with Gasteiger partial charge < -0.3 is 20.1 Å². The molecule has 8 heteroatoms. The standard InChI is InChI=1S/C24H22Cl2N2O4/c1-31-13-12-27-23(29)19-11-10-18(14-21(19)26)28-24(30)20-4-2-3-5-22(20)32-15-16-6-8-17(25)9-7-16/h2-11,14H,12-13,15H2,1H3,(H,27,29)(H,28,30).